The first-order chi connectivity index (χ1) is 17.2. The van der Waals surface area contributed by atoms with Gasteiger partial charge in [0.2, 0.25) is 0 Å². The van der Waals surface area contributed by atoms with Gasteiger partial charge in [-0.1, -0.05) is 69.2 Å². The van der Waals surface area contributed by atoms with Crippen LogP contribution in [0.15, 0.2) is 42.5 Å². The van der Waals surface area contributed by atoms with Crippen LogP contribution in [0.25, 0.3) is 11.4 Å². The van der Waals surface area contributed by atoms with Gasteiger partial charge in [-0.15, -0.1) is 0 Å². The minimum Gasteiger partial charge on any atom is -0.326 e. The van der Waals surface area contributed by atoms with Gasteiger partial charge in [0.05, 0.1) is 5.69 Å². The fraction of sp³-hybridized carbons (Fsp3) is 0.448. The van der Waals surface area contributed by atoms with Crippen LogP contribution in [-0.2, 0) is 25.8 Å². The van der Waals surface area contributed by atoms with Crippen molar-refractivity contribution in [2.45, 2.75) is 79.2 Å². The van der Waals surface area contributed by atoms with Crippen LogP contribution in [0.2, 0.25) is 0 Å². The van der Waals surface area contributed by atoms with E-state index in [1.54, 1.807) is 4.57 Å². The van der Waals surface area contributed by atoms with Crippen molar-refractivity contribution in [1.82, 2.24) is 14.5 Å². The quantitative estimate of drug-likeness (QED) is 0.241. The summed E-state index contributed by atoms with van der Waals surface area (Å²) in [6.45, 7) is 9.68. The van der Waals surface area contributed by atoms with Crippen molar-refractivity contribution in [3.05, 3.63) is 76.1 Å². The number of hydrogen-bond donors (Lipinski definition) is 0. The lowest BCUT2D eigenvalue weighted by Gasteiger charge is -2.25. The van der Waals surface area contributed by atoms with E-state index >= 15 is 0 Å². The molecule has 7 heteroatoms. The highest BCUT2D eigenvalue weighted by molar-refractivity contribution is 5.79. The van der Waals surface area contributed by atoms with Gasteiger partial charge in [-0.25, -0.2) is 4.98 Å². The number of halogens is 3. The average molecular weight is 500 g/mol. The van der Waals surface area contributed by atoms with Gasteiger partial charge in [-0.3, -0.25) is 9.69 Å². The normalized spacial score (nSPS) is 11.9. The number of aryl methyl sites for hydroxylation is 2. The highest BCUT2D eigenvalue weighted by Crippen LogP contribution is 2.36. The number of alkyl halides is 3. The molecule has 2 aromatic carbocycles. The summed E-state index contributed by atoms with van der Waals surface area (Å²) in [6.07, 6.45) is -0.243. The zero-order valence-electron chi connectivity index (χ0n) is 21.7. The Morgan fingerprint density at radius 1 is 0.972 bits per heavy atom. The highest BCUT2D eigenvalue weighted by atomic mass is 19.4. The van der Waals surface area contributed by atoms with Crippen LogP contribution in [-0.4, -0.2) is 27.3 Å². The fourth-order valence-corrected chi connectivity index (χ4v) is 4.65. The monoisotopic (exact) mass is 499 g/mol. The first kappa shape index (κ1) is 27.7. The van der Waals surface area contributed by atoms with Gasteiger partial charge in [0.25, 0.3) is 0 Å². The van der Waals surface area contributed by atoms with Gasteiger partial charge in [0.1, 0.15) is 5.82 Å². The van der Waals surface area contributed by atoms with Crippen molar-refractivity contribution in [1.29, 1.82) is 0 Å². The maximum absolute atomic E-state index is 14.3. The Kier molecular flexibility index (Phi) is 9.49. The molecule has 1 aromatic heterocycles. The topological polar surface area (TPSA) is 38.1 Å². The summed E-state index contributed by atoms with van der Waals surface area (Å²) in [5, 5.41) is 0. The molecular weight excluding hydrogens is 463 g/mol. The lowest BCUT2D eigenvalue weighted by molar-refractivity contribution is -0.141. The van der Waals surface area contributed by atoms with E-state index in [9.17, 15) is 18.0 Å². The third kappa shape index (κ3) is 6.64. The maximum Gasteiger partial charge on any atom is 0.435 e. The van der Waals surface area contributed by atoms with Gasteiger partial charge in [0, 0.05) is 30.8 Å². The Hall–Kier alpha value is -2.93. The summed E-state index contributed by atoms with van der Waals surface area (Å²) in [7, 11) is 0. The van der Waals surface area contributed by atoms with E-state index in [1.165, 1.54) is 0 Å². The Labute approximate surface area is 212 Å². The van der Waals surface area contributed by atoms with E-state index in [1.807, 2.05) is 63.2 Å². The summed E-state index contributed by atoms with van der Waals surface area (Å²) < 4.78 is 44.6. The Morgan fingerprint density at radius 3 is 2.17 bits per heavy atom. The molecule has 0 fully saturated rings. The molecule has 0 amide bonds. The first-order valence-corrected chi connectivity index (χ1v) is 12.7. The predicted octanol–water partition coefficient (Wildman–Crippen LogP) is 7.60. The zero-order valence-corrected chi connectivity index (χ0v) is 21.7. The second kappa shape index (κ2) is 12.3. The molecule has 0 saturated heterocycles. The summed E-state index contributed by atoms with van der Waals surface area (Å²) >= 11 is 0. The van der Waals surface area contributed by atoms with Gasteiger partial charge in [-0.2, -0.15) is 13.2 Å². The van der Waals surface area contributed by atoms with E-state index < -0.39 is 11.9 Å². The number of aromatic nitrogens is 2. The molecule has 0 bridgehead atoms. The number of nitrogens with zero attached hydrogens (tertiary/aromatic N) is 3. The molecule has 0 unspecified atom stereocenters. The predicted molar refractivity (Wildman–Crippen MR) is 138 cm³/mol. The first-order valence-electron chi connectivity index (χ1n) is 12.7. The maximum atomic E-state index is 14.3. The molecule has 0 saturated carbocycles. The van der Waals surface area contributed by atoms with Gasteiger partial charge in [-0.05, 0) is 49.9 Å². The second-order valence-corrected chi connectivity index (χ2v) is 9.43. The number of carbonyl (C=O) groups is 1. The van der Waals surface area contributed by atoms with E-state index in [0.29, 0.717) is 36.6 Å². The molecule has 3 aromatic rings. The Morgan fingerprint density at radius 2 is 1.61 bits per heavy atom. The standard InChI is InChI=1S/C29H36F3N3O/c1-5-7-14-34(18-23-16-21(3)25(20-36)22(4)17-23)19-26-27(29(30,31)32)33-28(35(26)15-8-6-2)24-12-10-9-11-13-24/h9-13,16-17,20H,5-8,14-15,18-19H2,1-4H3. The number of unbranched alkanes of at least 4 members (excludes halogenated alkanes) is 2. The molecule has 0 spiro atoms. The minimum atomic E-state index is -4.55. The number of carbonyl (C=O) groups excluding carboxylic acids is 1. The molecule has 194 valence electrons. The number of hydrogen-bond acceptors (Lipinski definition) is 3. The molecule has 4 nitrogen and oxygen atoms in total. The van der Waals surface area contributed by atoms with E-state index in [2.05, 4.69) is 16.8 Å². The van der Waals surface area contributed by atoms with Crippen LogP contribution in [0.5, 0.6) is 0 Å². The minimum absolute atomic E-state index is 0.145. The molecule has 1 heterocycles. The summed E-state index contributed by atoms with van der Waals surface area (Å²) in [6, 6.07) is 13.0. The zero-order chi connectivity index (χ0) is 26.3. The smallest absolute Gasteiger partial charge is 0.326 e. The van der Waals surface area contributed by atoms with Crippen LogP contribution in [0.1, 0.15) is 78.0 Å². The van der Waals surface area contributed by atoms with Crippen molar-refractivity contribution >= 4 is 6.29 Å². The molecule has 0 aliphatic heterocycles. The molecule has 0 N–H and O–H groups in total. The number of benzene rings is 2. The van der Waals surface area contributed by atoms with E-state index in [0.717, 1.165) is 48.7 Å². The van der Waals surface area contributed by atoms with E-state index in [4.69, 9.17) is 0 Å². The molecule has 0 radical (unpaired) electrons. The molecule has 0 aliphatic carbocycles. The highest BCUT2D eigenvalue weighted by Gasteiger charge is 2.39. The third-order valence-electron chi connectivity index (χ3n) is 6.49. The SMILES string of the molecule is CCCCN(Cc1cc(C)c(C=O)c(C)c1)Cc1c(C(F)(F)F)nc(-c2ccccc2)n1CCCC. The van der Waals surface area contributed by atoms with Gasteiger partial charge >= 0.3 is 6.18 Å². The summed E-state index contributed by atoms with van der Waals surface area (Å²) in [4.78, 5) is 17.7. The summed E-state index contributed by atoms with van der Waals surface area (Å²) in [5.41, 5.74) is 3.51. The lowest BCUT2D eigenvalue weighted by atomic mass is 10.00. The Balaban J connectivity index is 2.07. The molecule has 0 aliphatic rings. The van der Waals surface area contributed by atoms with Crippen LogP contribution >= 0.6 is 0 Å². The molecule has 3 rings (SSSR count). The fourth-order valence-electron chi connectivity index (χ4n) is 4.65. The van der Waals surface area contributed by atoms with Crippen molar-refractivity contribution in [2.75, 3.05) is 6.54 Å². The van der Waals surface area contributed by atoms with Crippen LogP contribution in [0.3, 0.4) is 0 Å². The van der Waals surface area contributed by atoms with Crippen molar-refractivity contribution in [3.63, 3.8) is 0 Å². The second-order valence-electron chi connectivity index (χ2n) is 9.43. The van der Waals surface area contributed by atoms with Crippen molar-refractivity contribution in [2.24, 2.45) is 0 Å². The largest absolute Gasteiger partial charge is 0.435 e. The van der Waals surface area contributed by atoms with Crippen molar-refractivity contribution < 1.29 is 18.0 Å². The van der Waals surface area contributed by atoms with E-state index in [-0.39, 0.29) is 12.2 Å². The third-order valence-corrected chi connectivity index (χ3v) is 6.49. The Bertz CT molecular complexity index is 1130. The lowest BCUT2D eigenvalue weighted by Crippen LogP contribution is -2.27. The van der Waals surface area contributed by atoms with Crippen molar-refractivity contribution in [3.8, 4) is 11.4 Å². The number of rotatable bonds is 12. The van der Waals surface area contributed by atoms with Crippen LogP contribution in [0.4, 0.5) is 13.2 Å². The van der Waals surface area contributed by atoms with Gasteiger partial charge < -0.3 is 4.57 Å². The molecule has 0 atom stereocenters. The number of aldehydes is 1. The summed E-state index contributed by atoms with van der Waals surface area (Å²) in [5.74, 6) is 0.365. The molecular formula is C29H36F3N3O. The van der Waals surface area contributed by atoms with Crippen LogP contribution < -0.4 is 0 Å². The van der Waals surface area contributed by atoms with Gasteiger partial charge in [0.15, 0.2) is 12.0 Å². The number of imidazole rings is 1. The average Bonchev–Trinajstić information content (AvgIpc) is 3.20. The van der Waals surface area contributed by atoms with Crippen LogP contribution in [0, 0.1) is 13.8 Å². The molecule has 36 heavy (non-hydrogen) atoms.